The number of para-hydroxylation sites is 1. The van der Waals surface area contributed by atoms with Gasteiger partial charge in [0.05, 0.1) is 40.1 Å². The van der Waals surface area contributed by atoms with E-state index in [-0.39, 0.29) is 16.9 Å². The third-order valence-electron chi connectivity index (χ3n) is 8.98. The molecule has 2 aromatic carbocycles. The summed E-state index contributed by atoms with van der Waals surface area (Å²) < 4.78 is 4.86. The number of benzene rings is 2. The zero-order valence-electron chi connectivity index (χ0n) is 27.7. The lowest BCUT2D eigenvalue weighted by atomic mass is 10.1. The van der Waals surface area contributed by atoms with Gasteiger partial charge in [0.1, 0.15) is 11.4 Å². The number of nitrogens with one attached hydrogen (secondary N) is 1. The summed E-state index contributed by atoms with van der Waals surface area (Å²) in [6.45, 7) is 6.92. The third kappa shape index (κ3) is 6.27. The number of hydrogen-bond acceptors (Lipinski definition) is 9. The molecule has 1 fully saturated rings. The Morgan fingerprint density at radius 2 is 1.78 bits per heavy atom. The number of nitrogens with two attached hydrogens (primary N) is 1. The van der Waals surface area contributed by atoms with Gasteiger partial charge in [-0.2, -0.15) is 5.10 Å². The minimum absolute atomic E-state index is 0.0506. The maximum absolute atomic E-state index is 14.5. The average molecular weight is 656 g/mol. The summed E-state index contributed by atoms with van der Waals surface area (Å²) in [6.07, 6.45) is 5.85. The van der Waals surface area contributed by atoms with E-state index >= 15 is 0 Å². The molecule has 0 spiro atoms. The summed E-state index contributed by atoms with van der Waals surface area (Å²) in [6, 6.07) is 15.7. The maximum atomic E-state index is 14.5. The SMILES string of the molecule is CC(NC(=O)c1c(N)nn2cccnc12)c1nc2cccc(C#Cc3cnn(C)c3CCN3CCN(C)CC3)c2c(=O)n1-c1ccccc1. The van der Waals surface area contributed by atoms with Crippen molar-refractivity contribution in [3.8, 4) is 17.5 Å². The number of fused-ring (bicyclic) bond motifs is 2. The third-order valence-corrected chi connectivity index (χ3v) is 8.98. The van der Waals surface area contributed by atoms with Gasteiger partial charge in [-0.15, -0.1) is 5.10 Å². The molecule has 0 aliphatic carbocycles. The molecule has 4 aromatic heterocycles. The van der Waals surface area contributed by atoms with Crippen LogP contribution >= 0.6 is 0 Å². The molecule has 0 bridgehead atoms. The molecule has 0 radical (unpaired) electrons. The number of aryl methyl sites for hydroxylation is 1. The first kappa shape index (κ1) is 31.7. The second-order valence-corrected chi connectivity index (χ2v) is 12.3. The van der Waals surface area contributed by atoms with E-state index in [0.717, 1.165) is 50.4 Å². The number of piperazine rings is 1. The van der Waals surface area contributed by atoms with Gasteiger partial charge >= 0.3 is 0 Å². The van der Waals surface area contributed by atoms with E-state index in [2.05, 4.69) is 49.2 Å². The van der Waals surface area contributed by atoms with Crippen molar-refractivity contribution in [2.75, 3.05) is 45.5 Å². The second-order valence-electron chi connectivity index (χ2n) is 12.3. The number of nitrogens with zero attached hydrogens (tertiary/aromatic N) is 9. The van der Waals surface area contributed by atoms with Crippen LogP contribution in [0.15, 0.2) is 78.0 Å². The molecule has 1 atom stereocenters. The first-order valence-corrected chi connectivity index (χ1v) is 16.2. The quantitative estimate of drug-likeness (QED) is 0.248. The summed E-state index contributed by atoms with van der Waals surface area (Å²) in [5, 5.41) is 12.0. The molecule has 13 heteroatoms. The molecule has 7 rings (SSSR count). The van der Waals surface area contributed by atoms with Gasteiger partial charge < -0.3 is 20.9 Å². The van der Waals surface area contributed by atoms with E-state index in [1.54, 1.807) is 37.6 Å². The number of rotatable bonds is 7. The van der Waals surface area contributed by atoms with Crippen LogP contribution in [-0.4, -0.2) is 89.4 Å². The number of likely N-dealkylation sites (N-methyl/N-ethyl adjacent to an activating group) is 1. The van der Waals surface area contributed by atoms with Crippen LogP contribution in [0.1, 0.15) is 46.0 Å². The topological polar surface area (TPSA) is 144 Å². The summed E-state index contributed by atoms with van der Waals surface area (Å²) in [5.41, 5.74) is 9.83. The lowest BCUT2D eigenvalue weighted by molar-refractivity contribution is 0.0940. The molecule has 1 unspecified atom stereocenters. The highest BCUT2D eigenvalue weighted by Gasteiger charge is 2.25. The molecule has 0 saturated carbocycles. The van der Waals surface area contributed by atoms with Gasteiger partial charge in [-0.05, 0) is 44.3 Å². The van der Waals surface area contributed by atoms with Crippen molar-refractivity contribution in [3.63, 3.8) is 0 Å². The normalized spacial score (nSPS) is 14.5. The van der Waals surface area contributed by atoms with Gasteiger partial charge in [0.2, 0.25) is 0 Å². The Kier molecular flexibility index (Phi) is 8.65. The molecule has 1 saturated heterocycles. The fraction of sp³-hybridized carbons (Fsp3) is 0.278. The Bertz CT molecular complexity index is 2290. The van der Waals surface area contributed by atoms with Gasteiger partial charge in [0.15, 0.2) is 11.5 Å². The van der Waals surface area contributed by atoms with Gasteiger partial charge in [-0.3, -0.25) is 18.8 Å². The Morgan fingerprint density at radius 1 is 1.00 bits per heavy atom. The number of hydrogen-bond donors (Lipinski definition) is 2. The number of nitrogen functional groups attached to an aromatic ring is 1. The van der Waals surface area contributed by atoms with Gasteiger partial charge in [0.25, 0.3) is 11.5 Å². The first-order valence-electron chi connectivity index (χ1n) is 16.2. The number of carbonyl (C=O) groups is 1. The Hall–Kier alpha value is -5.84. The van der Waals surface area contributed by atoms with Crippen LogP contribution < -0.4 is 16.6 Å². The molecular formula is C36H37N11O2. The highest BCUT2D eigenvalue weighted by molar-refractivity contribution is 6.04. The van der Waals surface area contributed by atoms with E-state index < -0.39 is 11.9 Å². The summed E-state index contributed by atoms with van der Waals surface area (Å²) in [7, 11) is 4.09. The number of anilines is 1. The van der Waals surface area contributed by atoms with E-state index in [0.29, 0.717) is 33.6 Å². The fourth-order valence-electron chi connectivity index (χ4n) is 6.26. The van der Waals surface area contributed by atoms with Crippen molar-refractivity contribution in [2.45, 2.75) is 19.4 Å². The predicted molar refractivity (Wildman–Crippen MR) is 187 cm³/mol. The molecule has 49 heavy (non-hydrogen) atoms. The van der Waals surface area contributed by atoms with Crippen LogP contribution in [0.25, 0.3) is 22.2 Å². The molecule has 3 N–H and O–H groups in total. The van der Waals surface area contributed by atoms with Crippen LogP contribution in [0.4, 0.5) is 5.82 Å². The number of aromatic nitrogens is 7. The molecule has 1 aliphatic heterocycles. The fourth-order valence-corrected chi connectivity index (χ4v) is 6.26. The molecule has 1 amide bonds. The lowest BCUT2D eigenvalue weighted by Gasteiger charge is -2.32. The number of amides is 1. The Balaban J connectivity index is 1.25. The van der Waals surface area contributed by atoms with Crippen LogP contribution in [0.2, 0.25) is 0 Å². The summed E-state index contributed by atoms with van der Waals surface area (Å²) in [4.78, 5) is 42.1. The Labute approximate surface area is 283 Å². The van der Waals surface area contributed by atoms with Crippen molar-refractivity contribution in [2.24, 2.45) is 7.05 Å². The summed E-state index contributed by atoms with van der Waals surface area (Å²) >= 11 is 0. The van der Waals surface area contributed by atoms with Crippen LogP contribution in [0, 0.1) is 11.8 Å². The zero-order chi connectivity index (χ0) is 34.1. The van der Waals surface area contributed by atoms with Crippen LogP contribution in [0.3, 0.4) is 0 Å². The standard InChI is InChI=1S/C36H37N11O2/c1-24(40-35(48)31-32(37)42-46-17-8-16-38-34(31)46)33-41-28-12-7-9-25(30(28)36(49)47(33)27-10-5-4-6-11-27)13-14-26-23-39-44(3)29(26)15-18-45-21-19-43(2)20-22-45/h4-12,16-17,23-24H,15,18-22H2,1-3H3,(H2,37,42)(H,40,48). The highest BCUT2D eigenvalue weighted by atomic mass is 16.2. The largest absolute Gasteiger partial charge is 0.381 e. The van der Waals surface area contributed by atoms with Gasteiger partial charge in [0, 0.05) is 64.1 Å². The van der Waals surface area contributed by atoms with Gasteiger partial charge in [-0.25, -0.2) is 14.5 Å². The molecule has 5 heterocycles. The lowest BCUT2D eigenvalue weighted by Crippen LogP contribution is -2.45. The van der Waals surface area contributed by atoms with Crippen molar-refractivity contribution >= 4 is 28.3 Å². The monoisotopic (exact) mass is 655 g/mol. The summed E-state index contributed by atoms with van der Waals surface area (Å²) in [5.74, 6) is 6.49. The van der Waals surface area contributed by atoms with Gasteiger partial charge in [-0.1, -0.05) is 36.1 Å². The van der Waals surface area contributed by atoms with Crippen molar-refractivity contribution in [1.82, 2.24) is 49.0 Å². The van der Waals surface area contributed by atoms with E-state index in [9.17, 15) is 9.59 Å². The Morgan fingerprint density at radius 3 is 2.57 bits per heavy atom. The molecular weight excluding hydrogens is 618 g/mol. The minimum atomic E-state index is -0.698. The van der Waals surface area contributed by atoms with Crippen molar-refractivity contribution in [3.05, 3.63) is 112 Å². The minimum Gasteiger partial charge on any atom is -0.381 e. The number of carbonyl (C=O) groups excluding carboxylic acids is 1. The van der Waals surface area contributed by atoms with E-state index in [1.165, 1.54) is 9.08 Å². The van der Waals surface area contributed by atoms with Crippen molar-refractivity contribution in [1.29, 1.82) is 0 Å². The first-order chi connectivity index (χ1) is 23.8. The smallest absolute Gasteiger partial charge is 0.267 e. The molecule has 13 nitrogen and oxygen atoms in total. The molecule has 248 valence electrons. The maximum Gasteiger partial charge on any atom is 0.267 e. The van der Waals surface area contributed by atoms with Crippen molar-refractivity contribution < 1.29 is 4.79 Å². The van der Waals surface area contributed by atoms with Crippen LogP contribution in [-0.2, 0) is 13.5 Å². The molecule has 1 aliphatic rings. The van der Waals surface area contributed by atoms with E-state index in [4.69, 9.17) is 10.7 Å². The van der Waals surface area contributed by atoms with Crippen LogP contribution in [0.5, 0.6) is 0 Å². The second kappa shape index (κ2) is 13.3. The predicted octanol–water partition coefficient (Wildman–Crippen LogP) is 2.42. The average Bonchev–Trinajstić information content (AvgIpc) is 3.64. The highest BCUT2D eigenvalue weighted by Crippen LogP contribution is 2.22. The van der Waals surface area contributed by atoms with E-state index in [1.807, 2.05) is 54.2 Å². The molecule has 6 aromatic rings. The zero-order valence-corrected chi connectivity index (χ0v) is 27.7.